The molecule has 0 aliphatic rings. The number of rotatable bonds is 7. The highest BCUT2D eigenvalue weighted by atomic mass is 28.3. The lowest BCUT2D eigenvalue weighted by atomic mass is 10.4. The molecule has 3 heteroatoms. The summed E-state index contributed by atoms with van der Waals surface area (Å²) in [5, 5.41) is 3.32. The van der Waals surface area contributed by atoms with Crippen LogP contribution < -0.4 is 10.3 Å². The van der Waals surface area contributed by atoms with Gasteiger partial charge in [-0.1, -0.05) is 34.1 Å². The van der Waals surface area contributed by atoms with Gasteiger partial charge in [-0.25, -0.2) is 0 Å². The molecule has 0 saturated carbocycles. The Labute approximate surface area is 78.8 Å². The third-order valence-electron chi connectivity index (χ3n) is 2.51. The van der Waals surface area contributed by atoms with Gasteiger partial charge in [0.15, 0.2) is 0 Å². The second kappa shape index (κ2) is 7.77. The molecule has 0 amide bonds. The minimum atomic E-state index is -0.651. The van der Waals surface area contributed by atoms with Crippen molar-refractivity contribution in [3.8, 4) is 0 Å². The van der Waals surface area contributed by atoms with Gasteiger partial charge in [0, 0.05) is 6.67 Å². The lowest BCUT2D eigenvalue weighted by Crippen LogP contribution is -2.42. The lowest BCUT2D eigenvalue weighted by molar-refractivity contribution is 0.683. The van der Waals surface area contributed by atoms with Crippen LogP contribution in [0, 0.1) is 0 Å². The predicted octanol–water partition coefficient (Wildman–Crippen LogP) is 1.69. The van der Waals surface area contributed by atoms with Crippen molar-refractivity contribution in [2.45, 2.75) is 45.7 Å². The first-order chi connectivity index (χ1) is 5.76. The summed E-state index contributed by atoms with van der Waals surface area (Å²) in [5.41, 5.74) is 0.925. The summed E-state index contributed by atoms with van der Waals surface area (Å²) in [6, 6.07) is 1.36. The van der Waals surface area contributed by atoms with Gasteiger partial charge in [0.2, 0.25) is 0 Å². The van der Waals surface area contributed by atoms with Crippen molar-refractivity contribution >= 4 is 8.96 Å². The van der Waals surface area contributed by atoms with Crippen LogP contribution in [-0.2, 0) is 0 Å². The van der Waals surface area contributed by atoms with Crippen molar-refractivity contribution in [1.82, 2.24) is 10.3 Å². The van der Waals surface area contributed by atoms with E-state index >= 15 is 0 Å². The average Bonchev–Trinajstić information content (AvgIpc) is 2.11. The Bertz CT molecular complexity index is 98.5. The van der Waals surface area contributed by atoms with Crippen LogP contribution in [-0.4, -0.2) is 22.2 Å². The molecule has 2 unspecified atom stereocenters. The Morgan fingerprint density at radius 2 is 1.92 bits per heavy atom. The molecule has 2 atom stereocenters. The Hall–Kier alpha value is 0.137. The van der Waals surface area contributed by atoms with Gasteiger partial charge >= 0.3 is 0 Å². The van der Waals surface area contributed by atoms with Crippen LogP contribution in [0.2, 0.25) is 11.6 Å². The maximum absolute atomic E-state index is 3.65. The summed E-state index contributed by atoms with van der Waals surface area (Å²) in [6.45, 7) is 11.2. The zero-order valence-electron chi connectivity index (χ0n) is 8.98. The van der Waals surface area contributed by atoms with E-state index in [4.69, 9.17) is 0 Å². The quantitative estimate of drug-likeness (QED) is 0.361. The smallest absolute Gasteiger partial charge is 0.112 e. The van der Waals surface area contributed by atoms with Crippen LogP contribution in [0.3, 0.4) is 0 Å². The van der Waals surface area contributed by atoms with Gasteiger partial charge in [0.25, 0.3) is 0 Å². The van der Waals surface area contributed by atoms with Crippen LogP contribution >= 0.6 is 0 Å². The average molecular weight is 188 g/mol. The number of hydrogen-bond donors (Lipinski definition) is 2. The zero-order chi connectivity index (χ0) is 9.40. The molecule has 0 heterocycles. The molecular weight excluding hydrogens is 164 g/mol. The fourth-order valence-corrected chi connectivity index (χ4v) is 3.83. The zero-order valence-corrected chi connectivity index (χ0v) is 10.1. The molecular formula is C9H24N2Si. The van der Waals surface area contributed by atoms with E-state index in [0.717, 1.165) is 18.8 Å². The van der Waals surface area contributed by atoms with E-state index in [1.807, 2.05) is 0 Å². The van der Waals surface area contributed by atoms with Crippen molar-refractivity contribution in [1.29, 1.82) is 0 Å². The molecule has 0 aliphatic carbocycles. The standard InChI is InChI=1S/C9H24N2Si/c1-5-9(4)12(7-3)11-8-10-6-2/h9-12H,5-8H2,1-4H3. The van der Waals surface area contributed by atoms with Crippen molar-refractivity contribution in [3.63, 3.8) is 0 Å². The maximum Gasteiger partial charge on any atom is 0.112 e. The highest BCUT2D eigenvalue weighted by molar-refractivity contribution is 6.57. The Balaban J connectivity index is 3.52. The highest BCUT2D eigenvalue weighted by Crippen LogP contribution is 2.13. The molecule has 0 rings (SSSR count). The van der Waals surface area contributed by atoms with E-state index < -0.39 is 8.96 Å². The van der Waals surface area contributed by atoms with Gasteiger partial charge in [-0.3, -0.25) is 0 Å². The summed E-state index contributed by atoms with van der Waals surface area (Å²) in [7, 11) is -0.651. The SMILES string of the molecule is CCNCN[SiH](CC)C(C)CC. The van der Waals surface area contributed by atoms with E-state index in [1.54, 1.807) is 0 Å². The molecule has 2 N–H and O–H groups in total. The molecule has 0 bridgehead atoms. The van der Waals surface area contributed by atoms with Crippen LogP contribution in [0.4, 0.5) is 0 Å². The molecule has 74 valence electrons. The second-order valence-corrected chi connectivity index (χ2v) is 6.96. The predicted molar refractivity (Wildman–Crippen MR) is 59.0 cm³/mol. The molecule has 0 aliphatic heterocycles. The Kier molecular flexibility index (Phi) is 7.86. The lowest BCUT2D eigenvalue weighted by Gasteiger charge is -2.21. The van der Waals surface area contributed by atoms with Crippen LogP contribution in [0.5, 0.6) is 0 Å². The molecule has 0 spiro atoms. The maximum atomic E-state index is 3.65. The van der Waals surface area contributed by atoms with Gasteiger partial charge in [-0.05, 0) is 18.1 Å². The summed E-state index contributed by atoms with van der Waals surface area (Å²) in [5.74, 6) is 0. The van der Waals surface area contributed by atoms with Crippen molar-refractivity contribution in [2.24, 2.45) is 0 Å². The highest BCUT2D eigenvalue weighted by Gasteiger charge is 2.13. The molecule has 0 aromatic heterocycles. The summed E-state index contributed by atoms with van der Waals surface area (Å²) < 4.78 is 0. The monoisotopic (exact) mass is 188 g/mol. The van der Waals surface area contributed by atoms with Gasteiger partial charge in [-0.2, -0.15) is 0 Å². The molecule has 0 saturated heterocycles. The van der Waals surface area contributed by atoms with Gasteiger partial charge in [0.1, 0.15) is 8.96 Å². The van der Waals surface area contributed by atoms with Crippen LogP contribution in [0.1, 0.15) is 34.1 Å². The van der Waals surface area contributed by atoms with E-state index in [-0.39, 0.29) is 0 Å². The normalized spacial score (nSPS) is 16.0. The van der Waals surface area contributed by atoms with Crippen molar-refractivity contribution < 1.29 is 0 Å². The molecule has 12 heavy (non-hydrogen) atoms. The topological polar surface area (TPSA) is 24.1 Å². The van der Waals surface area contributed by atoms with Gasteiger partial charge in [0.05, 0.1) is 0 Å². The summed E-state index contributed by atoms with van der Waals surface area (Å²) in [4.78, 5) is 3.65. The van der Waals surface area contributed by atoms with Crippen molar-refractivity contribution in [3.05, 3.63) is 0 Å². The number of hydrogen-bond acceptors (Lipinski definition) is 2. The number of nitrogens with one attached hydrogen (secondary N) is 2. The minimum absolute atomic E-state index is 0.651. The van der Waals surface area contributed by atoms with E-state index in [9.17, 15) is 0 Å². The van der Waals surface area contributed by atoms with Crippen molar-refractivity contribution in [2.75, 3.05) is 13.2 Å². The molecule has 2 nitrogen and oxygen atoms in total. The van der Waals surface area contributed by atoms with Crippen LogP contribution in [0.25, 0.3) is 0 Å². The molecule has 0 aromatic carbocycles. The molecule has 0 aromatic rings. The largest absolute Gasteiger partial charge is 0.328 e. The molecule has 0 fully saturated rings. The van der Waals surface area contributed by atoms with E-state index in [2.05, 4.69) is 38.0 Å². The van der Waals surface area contributed by atoms with Crippen LogP contribution in [0.15, 0.2) is 0 Å². The Morgan fingerprint density at radius 1 is 1.25 bits per heavy atom. The fraction of sp³-hybridized carbons (Fsp3) is 1.00. The second-order valence-electron chi connectivity index (χ2n) is 3.38. The summed E-state index contributed by atoms with van der Waals surface area (Å²) in [6.07, 6.45) is 1.32. The van der Waals surface area contributed by atoms with E-state index in [1.165, 1.54) is 12.5 Å². The third kappa shape index (κ3) is 4.90. The first-order valence-corrected chi connectivity index (χ1v) is 7.26. The molecule has 0 radical (unpaired) electrons. The summed E-state index contributed by atoms with van der Waals surface area (Å²) >= 11 is 0. The van der Waals surface area contributed by atoms with Gasteiger partial charge < -0.3 is 10.3 Å². The van der Waals surface area contributed by atoms with Gasteiger partial charge in [-0.15, -0.1) is 0 Å². The first-order valence-electron chi connectivity index (χ1n) is 5.20. The minimum Gasteiger partial charge on any atom is -0.328 e. The Morgan fingerprint density at radius 3 is 2.33 bits per heavy atom. The first kappa shape index (κ1) is 12.1. The third-order valence-corrected chi connectivity index (χ3v) is 5.96. The van der Waals surface area contributed by atoms with E-state index in [0.29, 0.717) is 0 Å². The fourth-order valence-electron chi connectivity index (χ4n) is 1.36.